The summed E-state index contributed by atoms with van der Waals surface area (Å²) in [5.41, 5.74) is 1.06. The number of aliphatic carboxylic acids is 1. The predicted molar refractivity (Wildman–Crippen MR) is 114 cm³/mol. The van der Waals surface area contributed by atoms with Crippen molar-refractivity contribution in [3.63, 3.8) is 0 Å². The van der Waals surface area contributed by atoms with Gasteiger partial charge in [-0.25, -0.2) is 9.78 Å². The van der Waals surface area contributed by atoms with Gasteiger partial charge in [0.15, 0.2) is 0 Å². The Morgan fingerprint density at radius 3 is 2.40 bits per heavy atom. The molecule has 3 aromatic rings. The second kappa shape index (κ2) is 9.35. The maximum Gasteiger partial charge on any atom is 0.326 e. The smallest absolute Gasteiger partial charge is 0.326 e. The summed E-state index contributed by atoms with van der Waals surface area (Å²) in [6.45, 7) is 3.78. The third kappa shape index (κ3) is 4.92. The first-order chi connectivity index (χ1) is 14.4. The molecular formula is C23H25N3O4. The van der Waals surface area contributed by atoms with Gasteiger partial charge in [0.05, 0.1) is 17.2 Å². The fourth-order valence-electron chi connectivity index (χ4n) is 3.42. The summed E-state index contributed by atoms with van der Waals surface area (Å²) in [7, 11) is 0. The zero-order valence-electron chi connectivity index (χ0n) is 17.0. The van der Waals surface area contributed by atoms with Crippen LogP contribution in [0.4, 0.5) is 0 Å². The number of benzene rings is 2. The molecule has 0 bridgehead atoms. The molecule has 0 aliphatic carbocycles. The number of hydrogen-bond donors (Lipinski definition) is 2. The van der Waals surface area contributed by atoms with Crippen LogP contribution < -0.4 is 10.9 Å². The molecule has 1 aromatic heterocycles. The second-order valence-electron chi connectivity index (χ2n) is 7.71. The van der Waals surface area contributed by atoms with E-state index in [9.17, 15) is 19.5 Å². The highest BCUT2D eigenvalue weighted by Crippen LogP contribution is 2.16. The average molecular weight is 407 g/mol. The molecule has 0 saturated carbocycles. The van der Waals surface area contributed by atoms with Crippen LogP contribution in [0.5, 0.6) is 0 Å². The molecule has 2 N–H and O–H groups in total. The summed E-state index contributed by atoms with van der Waals surface area (Å²) in [6, 6.07) is 14.3. The molecule has 3 rings (SSSR count). The van der Waals surface area contributed by atoms with E-state index in [-0.39, 0.29) is 17.9 Å². The molecule has 1 heterocycles. The number of hydrogen-bond acceptors (Lipinski definition) is 4. The monoisotopic (exact) mass is 407 g/mol. The first-order valence-electron chi connectivity index (χ1n) is 9.89. The molecule has 0 radical (unpaired) electrons. The molecule has 0 saturated heterocycles. The van der Waals surface area contributed by atoms with Gasteiger partial charge in [0.1, 0.15) is 12.1 Å². The van der Waals surface area contributed by atoms with Gasteiger partial charge in [0.2, 0.25) is 5.91 Å². The number of amides is 1. The summed E-state index contributed by atoms with van der Waals surface area (Å²) in [4.78, 5) is 42.2. The molecule has 1 amide bonds. The lowest BCUT2D eigenvalue weighted by atomic mass is 10.0. The quantitative estimate of drug-likeness (QED) is 0.598. The summed E-state index contributed by atoms with van der Waals surface area (Å²) >= 11 is 0. The Kier molecular flexibility index (Phi) is 6.61. The van der Waals surface area contributed by atoms with Gasteiger partial charge in [-0.3, -0.25) is 14.2 Å². The lowest BCUT2D eigenvalue weighted by molar-refractivity contribution is -0.142. The van der Waals surface area contributed by atoms with Crippen molar-refractivity contribution >= 4 is 22.8 Å². The molecule has 0 fully saturated rings. The lowest BCUT2D eigenvalue weighted by Crippen LogP contribution is -2.46. The maximum atomic E-state index is 13.2. The van der Waals surface area contributed by atoms with Crippen molar-refractivity contribution in [1.29, 1.82) is 0 Å². The predicted octanol–water partition coefficient (Wildman–Crippen LogP) is 2.80. The topological polar surface area (TPSA) is 101 Å². The second-order valence-corrected chi connectivity index (χ2v) is 7.71. The Morgan fingerprint density at radius 2 is 1.73 bits per heavy atom. The average Bonchev–Trinajstić information content (AvgIpc) is 2.72. The molecule has 2 atom stereocenters. The van der Waals surface area contributed by atoms with E-state index in [1.54, 1.807) is 24.3 Å². The van der Waals surface area contributed by atoms with Gasteiger partial charge >= 0.3 is 5.97 Å². The van der Waals surface area contributed by atoms with E-state index < -0.39 is 24.0 Å². The SMILES string of the molecule is CC(C)C[C@H](NC(=O)[C@H](Cc1ccccc1)n1cnc2ccccc2c1=O)C(=O)O. The minimum atomic E-state index is -1.10. The lowest BCUT2D eigenvalue weighted by Gasteiger charge is -2.23. The van der Waals surface area contributed by atoms with E-state index in [4.69, 9.17) is 0 Å². The Bertz CT molecular complexity index is 1090. The van der Waals surface area contributed by atoms with Crippen LogP contribution in [-0.4, -0.2) is 32.6 Å². The maximum absolute atomic E-state index is 13.2. The molecule has 7 heteroatoms. The van der Waals surface area contributed by atoms with Gasteiger partial charge in [-0.1, -0.05) is 56.3 Å². The van der Waals surface area contributed by atoms with E-state index in [1.807, 2.05) is 44.2 Å². The zero-order valence-corrected chi connectivity index (χ0v) is 17.0. The number of para-hydroxylation sites is 1. The Balaban J connectivity index is 2.00. The van der Waals surface area contributed by atoms with Gasteiger partial charge in [-0.15, -0.1) is 0 Å². The van der Waals surface area contributed by atoms with Crippen LogP contribution in [0.15, 0.2) is 65.7 Å². The van der Waals surface area contributed by atoms with Crippen molar-refractivity contribution in [3.8, 4) is 0 Å². The number of nitrogens with zero attached hydrogens (tertiary/aromatic N) is 2. The number of carbonyl (C=O) groups is 2. The molecule has 0 spiro atoms. The normalized spacial score (nSPS) is 13.2. The Hall–Kier alpha value is -3.48. The largest absolute Gasteiger partial charge is 0.480 e. The van der Waals surface area contributed by atoms with Crippen molar-refractivity contribution in [1.82, 2.24) is 14.9 Å². The molecule has 7 nitrogen and oxygen atoms in total. The van der Waals surface area contributed by atoms with Crippen molar-refractivity contribution in [2.45, 2.75) is 38.8 Å². The molecule has 156 valence electrons. The number of nitrogens with one attached hydrogen (secondary N) is 1. The van der Waals surface area contributed by atoms with E-state index in [0.29, 0.717) is 17.3 Å². The van der Waals surface area contributed by atoms with Crippen LogP contribution in [0, 0.1) is 5.92 Å². The molecule has 2 aromatic carbocycles. The van der Waals surface area contributed by atoms with Crippen molar-refractivity contribution < 1.29 is 14.7 Å². The molecule has 0 aliphatic heterocycles. The number of fused-ring (bicyclic) bond motifs is 1. The van der Waals surface area contributed by atoms with Crippen LogP contribution in [-0.2, 0) is 16.0 Å². The molecular weight excluding hydrogens is 382 g/mol. The molecule has 0 aliphatic rings. The summed E-state index contributed by atoms with van der Waals surface area (Å²) < 4.78 is 1.29. The Labute approximate surface area is 174 Å². The third-order valence-electron chi connectivity index (χ3n) is 4.92. The third-order valence-corrected chi connectivity index (χ3v) is 4.92. The molecule has 0 unspecified atom stereocenters. The first kappa shape index (κ1) is 21.2. The van der Waals surface area contributed by atoms with Crippen LogP contribution >= 0.6 is 0 Å². The van der Waals surface area contributed by atoms with Crippen molar-refractivity contribution in [3.05, 3.63) is 76.8 Å². The Morgan fingerprint density at radius 1 is 1.07 bits per heavy atom. The summed E-state index contributed by atoms with van der Waals surface area (Å²) in [5, 5.41) is 12.5. The van der Waals surface area contributed by atoms with Crippen LogP contribution in [0.25, 0.3) is 10.9 Å². The highest BCUT2D eigenvalue weighted by Gasteiger charge is 2.28. The van der Waals surface area contributed by atoms with E-state index >= 15 is 0 Å². The van der Waals surface area contributed by atoms with Crippen molar-refractivity contribution in [2.24, 2.45) is 5.92 Å². The van der Waals surface area contributed by atoms with Gasteiger partial charge < -0.3 is 10.4 Å². The number of carbonyl (C=O) groups excluding carboxylic acids is 1. The first-order valence-corrected chi connectivity index (χ1v) is 9.89. The van der Waals surface area contributed by atoms with Gasteiger partial charge in [0.25, 0.3) is 5.56 Å². The standard InChI is InChI=1S/C23H25N3O4/c1-15(2)12-19(23(29)30)25-21(27)20(13-16-8-4-3-5-9-16)26-14-24-18-11-7-6-10-17(18)22(26)28/h3-11,14-15,19-20H,12-13H2,1-2H3,(H,25,27)(H,29,30)/t19-,20-/m0/s1. The van der Waals surface area contributed by atoms with E-state index in [1.165, 1.54) is 10.9 Å². The highest BCUT2D eigenvalue weighted by atomic mass is 16.4. The van der Waals surface area contributed by atoms with Crippen LogP contribution in [0.2, 0.25) is 0 Å². The fraction of sp³-hybridized carbons (Fsp3) is 0.304. The van der Waals surface area contributed by atoms with E-state index in [0.717, 1.165) is 5.56 Å². The van der Waals surface area contributed by atoms with Crippen molar-refractivity contribution in [2.75, 3.05) is 0 Å². The van der Waals surface area contributed by atoms with E-state index in [2.05, 4.69) is 10.3 Å². The summed E-state index contributed by atoms with van der Waals surface area (Å²) in [5.74, 6) is -1.53. The van der Waals surface area contributed by atoms with Gasteiger partial charge in [-0.2, -0.15) is 0 Å². The number of rotatable bonds is 8. The fourth-order valence-corrected chi connectivity index (χ4v) is 3.42. The number of carboxylic acids is 1. The highest BCUT2D eigenvalue weighted by molar-refractivity contribution is 5.86. The van der Waals surface area contributed by atoms with Crippen LogP contribution in [0.1, 0.15) is 31.9 Å². The van der Waals surface area contributed by atoms with Crippen LogP contribution in [0.3, 0.4) is 0 Å². The van der Waals surface area contributed by atoms with Gasteiger partial charge in [-0.05, 0) is 30.0 Å². The summed E-state index contributed by atoms with van der Waals surface area (Å²) in [6.07, 6.45) is 1.89. The number of carboxylic acid groups (broad SMARTS) is 1. The van der Waals surface area contributed by atoms with Gasteiger partial charge in [0, 0.05) is 6.42 Å². The number of aromatic nitrogens is 2. The molecule has 30 heavy (non-hydrogen) atoms. The minimum Gasteiger partial charge on any atom is -0.480 e. The zero-order chi connectivity index (χ0) is 21.7. The minimum absolute atomic E-state index is 0.0871.